The minimum absolute atomic E-state index is 0.00271. The van der Waals surface area contributed by atoms with Crippen LogP contribution in [0, 0.1) is 5.82 Å². The molecule has 0 unspecified atom stereocenters. The molecule has 2 N–H and O–H groups in total. The number of carbonyl (C=O) groups excluding carboxylic acids is 1. The molecular weight excluding hydrogens is 519 g/mol. The summed E-state index contributed by atoms with van der Waals surface area (Å²) in [5.41, 5.74) is 2.03. The molecule has 3 aromatic rings. The highest BCUT2D eigenvalue weighted by atomic mass is 19.1. The van der Waals surface area contributed by atoms with Gasteiger partial charge in [0.25, 0.3) is 5.91 Å². The van der Waals surface area contributed by atoms with E-state index in [-0.39, 0.29) is 37.6 Å². The van der Waals surface area contributed by atoms with Gasteiger partial charge in [0, 0.05) is 48.7 Å². The van der Waals surface area contributed by atoms with Gasteiger partial charge in [0.1, 0.15) is 17.4 Å². The Morgan fingerprint density at radius 3 is 2.55 bits per heavy atom. The summed E-state index contributed by atoms with van der Waals surface area (Å²) in [5, 5.41) is 13.0. The standard InChI is InChI=1S/C28H33FN6O5/c1-4-34(5-2)13-12-33(3)26(36)19-6-8-23(9-7-19)31-27-30-11-10-24(32-27)35(28(37)38)16-20-14-22(29)15-21-17-39-18-40-25(20)21/h6-11,14-15H,4-5,12-13,16-18H2,1-3H3,(H,37,38)(H,30,31,32). The van der Waals surface area contributed by atoms with E-state index in [0.717, 1.165) is 24.5 Å². The number of rotatable bonds is 11. The molecule has 0 fully saturated rings. The maximum atomic E-state index is 14.2. The van der Waals surface area contributed by atoms with Gasteiger partial charge in [-0.3, -0.25) is 9.69 Å². The van der Waals surface area contributed by atoms with Gasteiger partial charge in [0.05, 0.1) is 13.2 Å². The molecule has 2 amide bonds. The van der Waals surface area contributed by atoms with Crippen LogP contribution in [-0.4, -0.2) is 76.9 Å². The first kappa shape index (κ1) is 28.7. The third-order valence-corrected chi connectivity index (χ3v) is 6.61. The monoisotopic (exact) mass is 552 g/mol. The van der Waals surface area contributed by atoms with Crippen molar-refractivity contribution in [2.75, 3.05) is 50.2 Å². The second kappa shape index (κ2) is 13.2. The summed E-state index contributed by atoms with van der Waals surface area (Å²) < 4.78 is 24.9. The molecule has 40 heavy (non-hydrogen) atoms. The smallest absolute Gasteiger partial charge is 0.413 e. The fourth-order valence-corrected chi connectivity index (χ4v) is 4.33. The van der Waals surface area contributed by atoms with Crippen molar-refractivity contribution in [3.63, 3.8) is 0 Å². The highest BCUT2D eigenvalue weighted by molar-refractivity contribution is 5.94. The molecule has 1 aliphatic heterocycles. The Morgan fingerprint density at radius 1 is 1.10 bits per heavy atom. The summed E-state index contributed by atoms with van der Waals surface area (Å²) in [5.74, 6) is 0.0563. The number of halogens is 1. The van der Waals surface area contributed by atoms with Crippen molar-refractivity contribution in [3.05, 3.63) is 71.2 Å². The average molecular weight is 553 g/mol. The molecule has 212 valence electrons. The lowest BCUT2D eigenvalue weighted by Crippen LogP contribution is -2.36. The number of nitrogens with zero attached hydrogens (tertiary/aromatic N) is 5. The molecule has 2 aromatic carbocycles. The van der Waals surface area contributed by atoms with Crippen molar-refractivity contribution in [1.82, 2.24) is 19.8 Å². The van der Waals surface area contributed by atoms with Gasteiger partial charge in [-0.1, -0.05) is 13.8 Å². The van der Waals surface area contributed by atoms with Crippen molar-refractivity contribution >= 4 is 29.5 Å². The van der Waals surface area contributed by atoms with E-state index in [0.29, 0.717) is 34.7 Å². The first-order valence-corrected chi connectivity index (χ1v) is 13.0. The summed E-state index contributed by atoms with van der Waals surface area (Å²) in [7, 11) is 1.78. The predicted octanol–water partition coefficient (Wildman–Crippen LogP) is 4.32. The molecule has 0 atom stereocenters. The molecule has 0 bridgehead atoms. The SMILES string of the molecule is CCN(CC)CCN(C)C(=O)c1ccc(Nc2nccc(N(Cc3cc(F)cc4c3OCOC4)C(=O)O)n2)cc1. The molecule has 1 aromatic heterocycles. The Balaban J connectivity index is 1.45. The zero-order valence-electron chi connectivity index (χ0n) is 22.8. The van der Waals surface area contributed by atoms with E-state index in [1.165, 1.54) is 24.4 Å². The highest BCUT2D eigenvalue weighted by Gasteiger charge is 2.23. The first-order chi connectivity index (χ1) is 19.3. The highest BCUT2D eigenvalue weighted by Crippen LogP contribution is 2.31. The fraction of sp³-hybridized carbons (Fsp3) is 0.357. The minimum atomic E-state index is -1.28. The van der Waals surface area contributed by atoms with Gasteiger partial charge in [-0.15, -0.1) is 0 Å². The number of hydrogen-bond acceptors (Lipinski definition) is 8. The lowest BCUT2D eigenvalue weighted by atomic mass is 10.1. The number of hydrogen-bond donors (Lipinski definition) is 2. The zero-order chi connectivity index (χ0) is 28.6. The van der Waals surface area contributed by atoms with Crippen molar-refractivity contribution in [2.45, 2.75) is 27.0 Å². The third kappa shape index (κ3) is 7.01. The van der Waals surface area contributed by atoms with Crippen molar-refractivity contribution in [3.8, 4) is 5.75 Å². The molecule has 12 heteroatoms. The summed E-state index contributed by atoms with van der Waals surface area (Å²) >= 11 is 0. The van der Waals surface area contributed by atoms with Crippen LogP contribution in [0.3, 0.4) is 0 Å². The zero-order valence-corrected chi connectivity index (χ0v) is 22.8. The number of amides is 2. The summed E-state index contributed by atoms with van der Waals surface area (Å²) in [6.07, 6.45) is 0.150. The van der Waals surface area contributed by atoms with Crippen LogP contribution < -0.4 is 15.0 Å². The van der Waals surface area contributed by atoms with Gasteiger partial charge in [-0.25, -0.2) is 14.2 Å². The van der Waals surface area contributed by atoms with Gasteiger partial charge in [-0.2, -0.15) is 4.98 Å². The average Bonchev–Trinajstić information content (AvgIpc) is 2.96. The number of nitrogens with one attached hydrogen (secondary N) is 1. The van der Waals surface area contributed by atoms with Gasteiger partial charge in [-0.05, 0) is 55.6 Å². The molecular formula is C28H33FN6O5. The van der Waals surface area contributed by atoms with Crippen LogP contribution in [0.15, 0.2) is 48.7 Å². The van der Waals surface area contributed by atoms with Crippen LogP contribution in [0.25, 0.3) is 0 Å². The number of fused-ring (bicyclic) bond motifs is 1. The van der Waals surface area contributed by atoms with E-state index >= 15 is 0 Å². The number of carboxylic acid groups (broad SMARTS) is 1. The van der Waals surface area contributed by atoms with Crippen molar-refractivity contribution in [2.24, 2.45) is 0 Å². The number of likely N-dealkylation sites (N-methyl/N-ethyl adjacent to an activating group) is 2. The normalized spacial score (nSPS) is 12.4. The number of aromatic nitrogens is 2. The summed E-state index contributed by atoms with van der Waals surface area (Å²) in [6.45, 7) is 7.46. The minimum Gasteiger partial charge on any atom is -0.467 e. The van der Waals surface area contributed by atoms with Crippen LogP contribution in [0.1, 0.15) is 35.3 Å². The first-order valence-electron chi connectivity index (χ1n) is 13.0. The van der Waals surface area contributed by atoms with Crippen LogP contribution in [0.2, 0.25) is 0 Å². The molecule has 4 rings (SSSR count). The summed E-state index contributed by atoms with van der Waals surface area (Å²) in [4.78, 5) is 38.4. The lowest BCUT2D eigenvalue weighted by Gasteiger charge is -2.24. The van der Waals surface area contributed by atoms with Crippen LogP contribution >= 0.6 is 0 Å². The van der Waals surface area contributed by atoms with Gasteiger partial charge < -0.3 is 29.7 Å². The Bertz CT molecular complexity index is 1340. The quantitative estimate of drug-likeness (QED) is 0.358. The number of carbonyl (C=O) groups is 2. The molecule has 1 aliphatic rings. The van der Waals surface area contributed by atoms with E-state index in [1.54, 1.807) is 36.2 Å². The van der Waals surface area contributed by atoms with Crippen LogP contribution in [0.5, 0.6) is 5.75 Å². The van der Waals surface area contributed by atoms with Crippen molar-refractivity contribution < 1.29 is 28.6 Å². The number of ether oxygens (including phenoxy) is 2. The Morgan fingerprint density at radius 2 is 1.85 bits per heavy atom. The van der Waals surface area contributed by atoms with Crippen molar-refractivity contribution in [1.29, 1.82) is 0 Å². The maximum absolute atomic E-state index is 14.2. The van der Waals surface area contributed by atoms with E-state index in [9.17, 15) is 19.1 Å². The van der Waals surface area contributed by atoms with Crippen LogP contribution in [0.4, 0.5) is 26.6 Å². The Kier molecular flexibility index (Phi) is 9.46. The second-order valence-corrected chi connectivity index (χ2v) is 9.23. The molecule has 0 spiro atoms. The van der Waals surface area contributed by atoms with E-state index < -0.39 is 11.9 Å². The van der Waals surface area contributed by atoms with E-state index in [2.05, 4.69) is 34.0 Å². The molecule has 0 aliphatic carbocycles. The maximum Gasteiger partial charge on any atom is 0.413 e. The number of benzene rings is 2. The lowest BCUT2D eigenvalue weighted by molar-refractivity contribution is -0.0172. The van der Waals surface area contributed by atoms with Crippen LogP contribution in [-0.2, 0) is 17.9 Å². The number of anilines is 3. The molecule has 0 radical (unpaired) electrons. The van der Waals surface area contributed by atoms with Gasteiger partial charge in [0.15, 0.2) is 6.79 Å². The molecule has 11 nitrogen and oxygen atoms in total. The largest absolute Gasteiger partial charge is 0.467 e. The second-order valence-electron chi connectivity index (χ2n) is 9.23. The molecule has 2 heterocycles. The topological polar surface area (TPSA) is 120 Å². The van der Waals surface area contributed by atoms with E-state index in [1.807, 2.05) is 0 Å². The van der Waals surface area contributed by atoms with E-state index in [4.69, 9.17) is 9.47 Å². The van der Waals surface area contributed by atoms with Gasteiger partial charge in [0.2, 0.25) is 5.95 Å². The predicted molar refractivity (Wildman–Crippen MR) is 147 cm³/mol. The third-order valence-electron chi connectivity index (χ3n) is 6.61. The fourth-order valence-electron chi connectivity index (χ4n) is 4.33. The Hall–Kier alpha value is -4.29. The summed E-state index contributed by atoms with van der Waals surface area (Å²) in [6, 6.07) is 10.9. The molecule has 0 saturated carbocycles. The van der Waals surface area contributed by atoms with Gasteiger partial charge >= 0.3 is 6.09 Å². The molecule has 0 saturated heterocycles. The Labute approximate surface area is 232 Å².